The lowest BCUT2D eigenvalue weighted by Gasteiger charge is -2.25. The van der Waals surface area contributed by atoms with Crippen LogP contribution in [0.15, 0.2) is 30.5 Å². The van der Waals surface area contributed by atoms with Crippen LogP contribution in [0.1, 0.15) is 32.3 Å². The summed E-state index contributed by atoms with van der Waals surface area (Å²) in [6.07, 6.45) is 3.20. The van der Waals surface area contributed by atoms with Crippen LogP contribution in [0, 0.1) is 5.92 Å². The van der Waals surface area contributed by atoms with Crippen molar-refractivity contribution in [2.24, 2.45) is 17.4 Å². The van der Waals surface area contributed by atoms with Crippen molar-refractivity contribution in [3.05, 3.63) is 36.0 Å². The number of aromatic amines is 1. The molecule has 0 saturated carbocycles. The van der Waals surface area contributed by atoms with Crippen LogP contribution in [-0.4, -0.2) is 75.9 Å². The Morgan fingerprint density at radius 3 is 2.18 bits per heavy atom. The number of aromatic nitrogens is 1. The Hall–Kier alpha value is -3.58. The van der Waals surface area contributed by atoms with Crippen molar-refractivity contribution in [3.8, 4) is 0 Å². The van der Waals surface area contributed by atoms with E-state index in [1.165, 1.54) is 11.8 Å². The van der Waals surface area contributed by atoms with Gasteiger partial charge in [0.1, 0.15) is 18.1 Å². The largest absolute Gasteiger partial charge is 0.480 e. The van der Waals surface area contributed by atoms with Gasteiger partial charge in [-0.1, -0.05) is 32.0 Å². The Bertz CT molecular complexity index is 1150. The van der Waals surface area contributed by atoms with E-state index in [1.54, 1.807) is 20.0 Å². The fourth-order valence-corrected chi connectivity index (χ4v) is 4.22. The minimum absolute atomic E-state index is 0.0156. The number of hydrogen-bond donors (Lipinski definition) is 7. The number of H-pyrrole nitrogens is 1. The minimum Gasteiger partial charge on any atom is -0.480 e. The van der Waals surface area contributed by atoms with Crippen molar-refractivity contribution < 1.29 is 29.1 Å². The fraction of sp³-hybridized carbons (Fsp3) is 0.480. The van der Waals surface area contributed by atoms with E-state index in [9.17, 15) is 29.1 Å². The smallest absolute Gasteiger partial charge is 0.326 e. The van der Waals surface area contributed by atoms with E-state index in [0.29, 0.717) is 11.3 Å². The highest BCUT2D eigenvalue weighted by Crippen LogP contribution is 2.19. The van der Waals surface area contributed by atoms with Crippen molar-refractivity contribution >= 4 is 52.3 Å². The Kier molecular flexibility index (Phi) is 11.6. The molecule has 4 amide bonds. The standard InChI is InChI=1S/C25H36N6O6S/c1-13(2)21(27)24(35)30-18(11-20(26)32)23(34)29-17(8-9-38-3)22(33)31-19(25(36)37)10-14-12-28-16-7-5-4-6-15(14)16/h4-7,12-13,17-19,21,28H,8-11,27H2,1-3H3,(H2,26,32)(H,29,34)(H,30,35)(H,31,33)(H,36,37). The molecule has 0 aliphatic heterocycles. The first-order valence-corrected chi connectivity index (χ1v) is 13.6. The summed E-state index contributed by atoms with van der Waals surface area (Å²) < 4.78 is 0. The number of carboxylic acids is 1. The lowest BCUT2D eigenvalue weighted by atomic mass is 10.0. The molecule has 0 aliphatic carbocycles. The van der Waals surface area contributed by atoms with E-state index in [1.807, 2.05) is 30.5 Å². The van der Waals surface area contributed by atoms with Crippen LogP contribution < -0.4 is 27.4 Å². The van der Waals surface area contributed by atoms with Crippen molar-refractivity contribution in [2.45, 2.75) is 57.3 Å². The Morgan fingerprint density at radius 1 is 0.974 bits per heavy atom. The van der Waals surface area contributed by atoms with E-state index in [-0.39, 0.29) is 18.8 Å². The van der Waals surface area contributed by atoms with Crippen LogP contribution in [0.4, 0.5) is 0 Å². The third-order valence-electron chi connectivity index (χ3n) is 6.02. The summed E-state index contributed by atoms with van der Waals surface area (Å²) in [6.45, 7) is 3.46. The maximum absolute atomic E-state index is 13.2. The number of rotatable bonds is 15. The van der Waals surface area contributed by atoms with E-state index in [2.05, 4.69) is 20.9 Å². The molecule has 4 atom stereocenters. The number of nitrogens with one attached hydrogen (secondary N) is 4. The molecule has 1 aromatic heterocycles. The van der Waals surface area contributed by atoms with Gasteiger partial charge in [-0.25, -0.2) is 4.79 Å². The second kappa shape index (κ2) is 14.4. The summed E-state index contributed by atoms with van der Waals surface area (Å²) in [6, 6.07) is 2.73. The molecule has 13 heteroatoms. The molecule has 1 aromatic carbocycles. The lowest BCUT2D eigenvalue weighted by Crippen LogP contribution is -2.58. The summed E-state index contributed by atoms with van der Waals surface area (Å²) in [7, 11) is 0. The van der Waals surface area contributed by atoms with Crippen LogP contribution >= 0.6 is 11.8 Å². The maximum atomic E-state index is 13.2. The van der Waals surface area contributed by atoms with Crippen LogP contribution in [-0.2, 0) is 30.4 Å². The average Bonchev–Trinajstić information content (AvgIpc) is 3.27. The highest BCUT2D eigenvalue weighted by atomic mass is 32.2. The van der Waals surface area contributed by atoms with Gasteiger partial charge in [-0.2, -0.15) is 11.8 Å². The number of benzene rings is 1. The summed E-state index contributed by atoms with van der Waals surface area (Å²) in [5.74, 6) is -3.98. The van der Waals surface area contributed by atoms with Gasteiger partial charge in [-0.05, 0) is 36.0 Å². The molecule has 208 valence electrons. The van der Waals surface area contributed by atoms with Gasteiger partial charge in [-0.3, -0.25) is 19.2 Å². The third kappa shape index (κ3) is 8.77. The monoisotopic (exact) mass is 548 g/mol. The second-order valence-electron chi connectivity index (χ2n) is 9.31. The van der Waals surface area contributed by atoms with Crippen molar-refractivity contribution in [3.63, 3.8) is 0 Å². The average molecular weight is 549 g/mol. The normalized spacial score (nSPS) is 14.3. The van der Waals surface area contributed by atoms with Crippen LogP contribution in [0.5, 0.6) is 0 Å². The SMILES string of the molecule is CSCCC(NC(=O)C(CC(N)=O)NC(=O)C(N)C(C)C)C(=O)NC(Cc1c[nH]c2ccccc12)C(=O)O. The van der Waals surface area contributed by atoms with Crippen LogP contribution in [0.3, 0.4) is 0 Å². The predicted octanol–water partition coefficient (Wildman–Crippen LogP) is -0.139. The summed E-state index contributed by atoms with van der Waals surface area (Å²) >= 11 is 1.43. The molecular formula is C25H36N6O6S. The Labute approximate surface area is 225 Å². The third-order valence-corrected chi connectivity index (χ3v) is 6.66. The van der Waals surface area contributed by atoms with Gasteiger partial charge >= 0.3 is 5.97 Å². The molecule has 38 heavy (non-hydrogen) atoms. The zero-order valence-corrected chi connectivity index (χ0v) is 22.5. The predicted molar refractivity (Wildman–Crippen MR) is 145 cm³/mol. The van der Waals surface area contributed by atoms with Crippen molar-refractivity contribution in [2.75, 3.05) is 12.0 Å². The number of fused-ring (bicyclic) bond motifs is 1. The number of primary amides is 1. The first-order valence-electron chi connectivity index (χ1n) is 12.2. The number of carbonyl (C=O) groups excluding carboxylic acids is 4. The van der Waals surface area contributed by atoms with Crippen LogP contribution in [0.2, 0.25) is 0 Å². The number of aliphatic carboxylic acids is 1. The van der Waals surface area contributed by atoms with Gasteiger partial charge in [0.25, 0.3) is 0 Å². The minimum atomic E-state index is -1.35. The van der Waals surface area contributed by atoms with Gasteiger partial charge in [0.2, 0.25) is 23.6 Å². The van der Waals surface area contributed by atoms with Gasteiger partial charge in [0.05, 0.1) is 12.5 Å². The molecule has 9 N–H and O–H groups in total. The summed E-state index contributed by atoms with van der Waals surface area (Å²) in [5.41, 5.74) is 12.7. The molecule has 4 unspecified atom stereocenters. The number of carbonyl (C=O) groups is 5. The Morgan fingerprint density at radius 2 is 1.58 bits per heavy atom. The summed E-state index contributed by atoms with van der Waals surface area (Å²) in [4.78, 5) is 65.2. The topological polar surface area (TPSA) is 209 Å². The molecule has 1 heterocycles. The highest BCUT2D eigenvalue weighted by Gasteiger charge is 2.31. The molecule has 2 aromatic rings. The number of carboxylic acid groups (broad SMARTS) is 1. The molecule has 0 bridgehead atoms. The van der Waals surface area contributed by atoms with E-state index in [4.69, 9.17) is 11.5 Å². The highest BCUT2D eigenvalue weighted by molar-refractivity contribution is 7.98. The zero-order chi connectivity index (χ0) is 28.4. The first-order chi connectivity index (χ1) is 17.9. The zero-order valence-electron chi connectivity index (χ0n) is 21.7. The van der Waals surface area contributed by atoms with E-state index >= 15 is 0 Å². The van der Waals surface area contributed by atoms with Crippen LogP contribution in [0.25, 0.3) is 10.9 Å². The number of thioether (sulfide) groups is 1. The number of nitrogens with two attached hydrogens (primary N) is 2. The molecule has 0 spiro atoms. The van der Waals surface area contributed by atoms with Crippen molar-refractivity contribution in [1.29, 1.82) is 0 Å². The molecule has 0 fully saturated rings. The lowest BCUT2D eigenvalue weighted by molar-refractivity contribution is -0.142. The molecule has 0 radical (unpaired) electrons. The maximum Gasteiger partial charge on any atom is 0.326 e. The van der Waals surface area contributed by atoms with E-state index in [0.717, 1.165) is 10.9 Å². The number of amides is 4. The first kappa shape index (κ1) is 30.6. The molecule has 0 saturated heterocycles. The van der Waals surface area contributed by atoms with E-state index < -0.39 is 60.2 Å². The Balaban J connectivity index is 2.18. The quantitative estimate of drug-likeness (QED) is 0.159. The molecule has 0 aliphatic rings. The summed E-state index contributed by atoms with van der Waals surface area (Å²) in [5, 5.41) is 18.1. The van der Waals surface area contributed by atoms with Gasteiger partial charge < -0.3 is 37.5 Å². The second-order valence-corrected chi connectivity index (χ2v) is 10.3. The number of hydrogen-bond acceptors (Lipinski definition) is 7. The molecule has 2 rings (SSSR count). The molecular weight excluding hydrogens is 512 g/mol. The van der Waals surface area contributed by atoms with Gasteiger partial charge in [-0.15, -0.1) is 0 Å². The number of para-hydroxylation sites is 1. The van der Waals surface area contributed by atoms with Gasteiger partial charge in [0, 0.05) is 23.5 Å². The van der Waals surface area contributed by atoms with Crippen molar-refractivity contribution in [1.82, 2.24) is 20.9 Å². The fourth-order valence-electron chi connectivity index (χ4n) is 3.75. The van der Waals surface area contributed by atoms with Gasteiger partial charge in [0.15, 0.2) is 0 Å². The molecule has 12 nitrogen and oxygen atoms in total.